The predicted molar refractivity (Wildman–Crippen MR) is 96.3 cm³/mol. The molecule has 0 aromatic carbocycles. The van der Waals surface area contributed by atoms with E-state index in [2.05, 4.69) is 34.2 Å². The number of rotatable bonds is 6. The van der Waals surface area contributed by atoms with Gasteiger partial charge in [-0.15, -0.1) is 0 Å². The summed E-state index contributed by atoms with van der Waals surface area (Å²) < 4.78 is 10.5. The molecule has 1 aromatic heterocycles. The van der Waals surface area contributed by atoms with Crippen molar-refractivity contribution >= 4 is 11.9 Å². The van der Waals surface area contributed by atoms with Crippen LogP contribution in [0.15, 0.2) is 15.6 Å². The Morgan fingerprint density at radius 1 is 1.52 bits per heavy atom. The standard InChI is InChI=1S/C18H30N4O3/c1-5-19-18(20-11-15-10-16(13(3)4)21-25-15)22-9-7-8-14(12-22)17(23)24-6-2/h10,13-14H,5-9,11-12H2,1-4H3,(H,19,20). The molecule has 1 N–H and O–H groups in total. The van der Waals surface area contributed by atoms with Crippen molar-refractivity contribution in [1.82, 2.24) is 15.4 Å². The summed E-state index contributed by atoms with van der Waals surface area (Å²) in [7, 11) is 0. The summed E-state index contributed by atoms with van der Waals surface area (Å²) in [5, 5.41) is 7.37. The van der Waals surface area contributed by atoms with Crippen molar-refractivity contribution in [3.8, 4) is 0 Å². The zero-order valence-corrected chi connectivity index (χ0v) is 15.7. The van der Waals surface area contributed by atoms with Crippen LogP contribution in [0.1, 0.15) is 57.9 Å². The molecular weight excluding hydrogens is 320 g/mol. The van der Waals surface area contributed by atoms with Gasteiger partial charge in [0.05, 0.1) is 18.2 Å². The Morgan fingerprint density at radius 2 is 2.32 bits per heavy atom. The number of aliphatic imine (C=N–C) groups is 1. The quantitative estimate of drug-likeness (QED) is 0.482. The number of esters is 1. The fourth-order valence-electron chi connectivity index (χ4n) is 2.88. The average molecular weight is 350 g/mol. The van der Waals surface area contributed by atoms with Crippen molar-refractivity contribution in [3.63, 3.8) is 0 Å². The van der Waals surface area contributed by atoms with Crippen LogP contribution in [-0.2, 0) is 16.1 Å². The summed E-state index contributed by atoms with van der Waals surface area (Å²) in [6, 6.07) is 1.95. The predicted octanol–water partition coefficient (Wildman–Crippen LogP) is 2.54. The largest absolute Gasteiger partial charge is 0.466 e. The second-order valence-corrected chi connectivity index (χ2v) is 6.58. The van der Waals surface area contributed by atoms with E-state index in [1.807, 2.05) is 19.9 Å². The molecule has 2 heterocycles. The Hall–Kier alpha value is -2.05. The van der Waals surface area contributed by atoms with Crippen molar-refractivity contribution < 1.29 is 14.1 Å². The van der Waals surface area contributed by atoms with Crippen LogP contribution in [0.25, 0.3) is 0 Å². The van der Waals surface area contributed by atoms with Gasteiger partial charge >= 0.3 is 5.97 Å². The lowest BCUT2D eigenvalue weighted by molar-refractivity contribution is -0.149. The maximum absolute atomic E-state index is 12.0. The number of carbonyl (C=O) groups is 1. The molecule has 1 fully saturated rings. The minimum atomic E-state index is -0.111. The smallest absolute Gasteiger partial charge is 0.310 e. The molecule has 7 heteroatoms. The Kier molecular flexibility index (Phi) is 7.28. The SMILES string of the molecule is CCNC(=NCc1cc(C(C)C)no1)N1CCCC(C(=O)OCC)C1. The number of nitrogens with one attached hydrogen (secondary N) is 1. The summed E-state index contributed by atoms with van der Waals surface area (Å²) in [6.07, 6.45) is 1.82. The third-order valence-electron chi connectivity index (χ3n) is 4.23. The summed E-state index contributed by atoms with van der Waals surface area (Å²) >= 11 is 0. The van der Waals surface area contributed by atoms with Crippen LogP contribution in [0, 0.1) is 5.92 Å². The number of carbonyl (C=O) groups excluding carboxylic acids is 1. The van der Waals surface area contributed by atoms with Gasteiger partial charge in [-0.1, -0.05) is 19.0 Å². The average Bonchev–Trinajstić information content (AvgIpc) is 3.08. The van der Waals surface area contributed by atoms with E-state index in [-0.39, 0.29) is 11.9 Å². The van der Waals surface area contributed by atoms with Gasteiger partial charge in [-0.3, -0.25) is 4.79 Å². The molecule has 2 rings (SSSR count). The Morgan fingerprint density at radius 3 is 2.96 bits per heavy atom. The molecule has 25 heavy (non-hydrogen) atoms. The minimum absolute atomic E-state index is 0.0876. The van der Waals surface area contributed by atoms with Crippen molar-refractivity contribution in [3.05, 3.63) is 17.5 Å². The van der Waals surface area contributed by atoms with Crippen LogP contribution in [0.3, 0.4) is 0 Å². The lowest BCUT2D eigenvalue weighted by Crippen LogP contribution is -2.48. The number of piperidine rings is 1. The zero-order chi connectivity index (χ0) is 18.2. The fourth-order valence-corrected chi connectivity index (χ4v) is 2.88. The molecule has 0 bridgehead atoms. The molecular formula is C18H30N4O3. The number of ether oxygens (including phenoxy) is 1. The molecule has 1 atom stereocenters. The Labute approximate surface area is 149 Å². The maximum atomic E-state index is 12.0. The van der Waals surface area contributed by atoms with Gasteiger partial charge in [-0.25, -0.2) is 4.99 Å². The second-order valence-electron chi connectivity index (χ2n) is 6.58. The van der Waals surface area contributed by atoms with Crippen molar-refractivity contribution in [2.45, 2.75) is 53.0 Å². The van der Waals surface area contributed by atoms with Gasteiger partial charge in [-0.2, -0.15) is 0 Å². The van der Waals surface area contributed by atoms with E-state index >= 15 is 0 Å². The highest BCUT2D eigenvalue weighted by molar-refractivity contribution is 5.81. The van der Waals surface area contributed by atoms with Crippen LogP contribution >= 0.6 is 0 Å². The Balaban J connectivity index is 2.03. The number of nitrogens with zero attached hydrogens (tertiary/aromatic N) is 3. The van der Waals surface area contributed by atoms with Gasteiger partial charge in [0.1, 0.15) is 6.54 Å². The first-order valence-corrected chi connectivity index (χ1v) is 9.20. The van der Waals surface area contributed by atoms with Crippen molar-refractivity contribution in [1.29, 1.82) is 0 Å². The van der Waals surface area contributed by atoms with Gasteiger partial charge in [-0.05, 0) is 32.6 Å². The third-order valence-corrected chi connectivity index (χ3v) is 4.23. The van der Waals surface area contributed by atoms with Gasteiger partial charge in [0.2, 0.25) is 0 Å². The van der Waals surface area contributed by atoms with Crippen molar-refractivity contribution in [2.24, 2.45) is 10.9 Å². The van der Waals surface area contributed by atoms with E-state index < -0.39 is 0 Å². The van der Waals surface area contributed by atoms with E-state index in [0.717, 1.165) is 43.3 Å². The highest BCUT2D eigenvalue weighted by Gasteiger charge is 2.28. The number of aromatic nitrogens is 1. The molecule has 1 saturated heterocycles. The van der Waals surface area contributed by atoms with E-state index in [1.54, 1.807) is 0 Å². The lowest BCUT2D eigenvalue weighted by atomic mass is 9.98. The first-order valence-electron chi connectivity index (χ1n) is 9.20. The molecule has 1 aromatic rings. The topological polar surface area (TPSA) is 80.0 Å². The van der Waals surface area contributed by atoms with E-state index in [9.17, 15) is 4.79 Å². The summed E-state index contributed by atoms with van der Waals surface area (Å²) in [5.74, 6) is 1.69. The van der Waals surface area contributed by atoms with E-state index in [4.69, 9.17) is 9.26 Å². The number of likely N-dealkylation sites (tertiary alicyclic amines) is 1. The molecule has 0 spiro atoms. The van der Waals surface area contributed by atoms with Crippen molar-refractivity contribution in [2.75, 3.05) is 26.2 Å². The van der Waals surface area contributed by atoms with Gasteiger partial charge in [0.25, 0.3) is 0 Å². The van der Waals surface area contributed by atoms with Crippen LogP contribution in [0.4, 0.5) is 0 Å². The Bertz CT molecular complexity index is 583. The normalized spacial score (nSPS) is 18.5. The fraction of sp³-hybridized carbons (Fsp3) is 0.722. The van der Waals surface area contributed by atoms with Crippen LogP contribution in [0.5, 0.6) is 0 Å². The van der Waals surface area contributed by atoms with Crippen LogP contribution in [0.2, 0.25) is 0 Å². The second kappa shape index (κ2) is 9.44. The minimum Gasteiger partial charge on any atom is -0.466 e. The highest BCUT2D eigenvalue weighted by atomic mass is 16.5. The summed E-state index contributed by atoms with van der Waals surface area (Å²) in [4.78, 5) is 18.8. The zero-order valence-electron chi connectivity index (χ0n) is 15.7. The molecule has 0 amide bonds. The van der Waals surface area contributed by atoms with Crippen LogP contribution in [-0.4, -0.2) is 48.2 Å². The van der Waals surface area contributed by atoms with E-state index in [1.165, 1.54) is 0 Å². The number of hydrogen-bond donors (Lipinski definition) is 1. The molecule has 1 aliphatic heterocycles. The monoisotopic (exact) mass is 350 g/mol. The molecule has 1 aliphatic rings. The molecule has 0 radical (unpaired) electrons. The maximum Gasteiger partial charge on any atom is 0.310 e. The number of hydrogen-bond acceptors (Lipinski definition) is 5. The van der Waals surface area contributed by atoms with Crippen LogP contribution < -0.4 is 5.32 Å². The van der Waals surface area contributed by atoms with Gasteiger partial charge in [0.15, 0.2) is 11.7 Å². The summed E-state index contributed by atoms with van der Waals surface area (Å²) in [6.45, 7) is 11.2. The highest BCUT2D eigenvalue weighted by Crippen LogP contribution is 2.19. The van der Waals surface area contributed by atoms with Gasteiger partial charge in [0, 0.05) is 25.7 Å². The molecule has 140 valence electrons. The molecule has 7 nitrogen and oxygen atoms in total. The molecule has 0 saturated carbocycles. The van der Waals surface area contributed by atoms with E-state index in [0.29, 0.717) is 25.6 Å². The van der Waals surface area contributed by atoms with Gasteiger partial charge < -0.3 is 19.5 Å². The number of guanidine groups is 1. The lowest BCUT2D eigenvalue weighted by Gasteiger charge is -2.33. The third kappa shape index (κ3) is 5.47. The first-order chi connectivity index (χ1) is 12.0. The summed E-state index contributed by atoms with van der Waals surface area (Å²) in [5.41, 5.74) is 0.940. The molecule has 0 aliphatic carbocycles. The first kappa shape index (κ1) is 19.3. The molecule has 1 unspecified atom stereocenters.